The minimum absolute atomic E-state index is 0.209. The van der Waals surface area contributed by atoms with Crippen LogP contribution >= 0.6 is 0 Å². The first-order valence-electron chi connectivity index (χ1n) is 5.58. The zero-order chi connectivity index (χ0) is 13.3. The van der Waals surface area contributed by atoms with Gasteiger partial charge < -0.3 is 9.84 Å². The number of aliphatic carboxylic acids is 1. The summed E-state index contributed by atoms with van der Waals surface area (Å²) in [7, 11) is 1.38. The van der Waals surface area contributed by atoms with E-state index >= 15 is 0 Å². The molecule has 17 heavy (non-hydrogen) atoms. The number of methoxy groups -OCH3 is 1. The van der Waals surface area contributed by atoms with E-state index in [4.69, 9.17) is 5.11 Å². The van der Waals surface area contributed by atoms with Gasteiger partial charge in [-0.1, -0.05) is 17.2 Å². The minimum Gasteiger partial charge on any atom is -0.478 e. The average molecular weight is 240 g/mol. The molecule has 0 saturated carbocycles. The molecule has 0 aromatic rings. The number of esters is 1. The second kappa shape index (κ2) is 8.56. The van der Waals surface area contributed by atoms with Gasteiger partial charge in [0.15, 0.2) is 0 Å². The maximum absolute atomic E-state index is 10.9. The Labute approximate surface area is 102 Å². The van der Waals surface area contributed by atoms with E-state index in [9.17, 15) is 9.59 Å². The number of carbonyl (C=O) groups is 2. The Bertz CT molecular complexity index is 326. The highest BCUT2D eigenvalue weighted by molar-refractivity contribution is 5.80. The summed E-state index contributed by atoms with van der Waals surface area (Å²) in [6.45, 7) is 3.75. The molecule has 0 rings (SSSR count). The number of hydrogen-bond acceptors (Lipinski definition) is 3. The number of carboxylic acids is 1. The van der Waals surface area contributed by atoms with Crippen molar-refractivity contribution in [2.45, 2.75) is 39.5 Å². The molecule has 0 aliphatic heterocycles. The Hall–Kier alpha value is -1.58. The molecule has 96 valence electrons. The van der Waals surface area contributed by atoms with E-state index in [1.165, 1.54) is 13.2 Å². The topological polar surface area (TPSA) is 63.6 Å². The number of rotatable bonds is 7. The lowest BCUT2D eigenvalue weighted by molar-refractivity contribution is -0.140. The lowest BCUT2D eigenvalue weighted by Gasteiger charge is -2.01. The Kier molecular flexibility index (Phi) is 7.76. The highest BCUT2D eigenvalue weighted by atomic mass is 16.5. The van der Waals surface area contributed by atoms with Crippen molar-refractivity contribution in [1.29, 1.82) is 0 Å². The first-order valence-corrected chi connectivity index (χ1v) is 5.58. The molecule has 0 radical (unpaired) electrons. The van der Waals surface area contributed by atoms with E-state index in [2.05, 4.69) is 4.74 Å². The number of hydrogen-bond donors (Lipinski definition) is 1. The fraction of sp³-hybridized carbons (Fsp3) is 0.538. The van der Waals surface area contributed by atoms with Crippen molar-refractivity contribution in [3.8, 4) is 0 Å². The number of allylic oxidation sites excluding steroid dienone is 3. The van der Waals surface area contributed by atoms with E-state index < -0.39 is 5.97 Å². The monoisotopic (exact) mass is 240 g/mol. The van der Waals surface area contributed by atoms with Crippen molar-refractivity contribution in [3.05, 3.63) is 23.3 Å². The SMILES string of the molecule is COC(=O)CC/C(C)=C/CC/C(C)=C/C(=O)O. The van der Waals surface area contributed by atoms with Crippen molar-refractivity contribution in [2.24, 2.45) is 0 Å². The molecule has 4 heteroatoms. The third kappa shape index (κ3) is 9.35. The lowest BCUT2D eigenvalue weighted by Crippen LogP contribution is -1.99. The van der Waals surface area contributed by atoms with Crippen molar-refractivity contribution in [3.63, 3.8) is 0 Å². The maximum atomic E-state index is 10.9. The summed E-state index contributed by atoms with van der Waals surface area (Å²) in [5, 5.41) is 8.52. The highest BCUT2D eigenvalue weighted by Gasteiger charge is 2.00. The molecule has 4 nitrogen and oxygen atoms in total. The predicted octanol–water partition coefficient (Wildman–Crippen LogP) is 2.70. The summed E-state index contributed by atoms with van der Waals surface area (Å²) in [6.07, 6.45) is 5.85. The summed E-state index contributed by atoms with van der Waals surface area (Å²) < 4.78 is 4.55. The van der Waals surface area contributed by atoms with E-state index in [-0.39, 0.29) is 5.97 Å². The summed E-state index contributed by atoms with van der Waals surface area (Å²) in [5.41, 5.74) is 1.97. The maximum Gasteiger partial charge on any atom is 0.328 e. The predicted molar refractivity (Wildman–Crippen MR) is 65.6 cm³/mol. The summed E-state index contributed by atoms with van der Waals surface area (Å²) in [4.78, 5) is 21.3. The molecule has 0 unspecified atom stereocenters. The lowest BCUT2D eigenvalue weighted by atomic mass is 10.1. The van der Waals surface area contributed by atoms with Crippen LogP contribution in [-0.4, -0.2) is 24.2 Å². The number of carbonyl (C=O) groups excluding carboxylic acids is 1. The normalized spacial score (nSPS) is 12.4. The summed E-state index contributed by atoms with van der Waals surface area (Å²) >= 11 is 0. The van der Waals surface area contributed by atoms with Crippen LogP contribution in [0.1, 0.15) is 39.5 Å². The van der Waals surface area contributed by atoms with Gasteiger partial charge in [-0.3, -0.25) is 4.79 Å². The van der Waals surface area contributed by atoms with Crippen molar-refractivity contribution >= 4 is 11.9 Å². The standard InChI is InChI=1S/C13H20O4/c1-10(7-8-13(16)17-3)5-4-6-11(2)9-12(14)15/h5,9H,4,6-8H2,1-3H3,(H,14,15)/b10-5+,11-9+. The van der Waals surface area contributed by atoms with Crippen LogP contribution in [0.3, 0.4) is 0 Å². The first kappa shape index (κ1) is 15.4. The Morgan fingerprint density at radius 3 is 2.29 bits per heavy atom. The fourth-order valence-corrected chi connectivity index (χ4v) is 1.33. The largest absolute Gasteiger partial charge is 0.478 e. The fourth-order valence-electron chi connectivity index (χ4n) is 1.33. The van der Waals surface area contributed by atoms with Crippen LogP contribution in [0.4, 0.5) is 0 Å². The van der Waals surface area contributed by atoms with Gasteiger partial charge in [-0.2, -0.15) is 0 Å². The van der Waals surface area contributed by atoms with Gasteiger partial charge in [0, 0.05) is 12.5 Å². The van der Waals surface area contributed by atoms with Gasteiger partial charge in [-0.15, -0.1) is 0 Å². The van der Waals surface area contributed by atoms with Crippen molar-refractivity contribution < 1.29 is 19.4 Å². The molecule has 0 bridgehead atoms. The zero-order valence-electron chi connectivity index (χ0n) is 10.7. The molecule has 0 fully saturated rings. The molecular formula is C13H20O4. The Balaban J connectivity index is 3.92. The van der Waals surface area contributed by atoms with Crippen LogP contribution in [0.15, 0.2) is 23.3 Å². The number of ether oxygens (including phenoxy) is 1. The molecule has 0 aliphatic carbocycles. The Morgan fingerprint density at radius 2 is 1.76 bits per heavy atom. The molecule has 0 heterocycles. The summed E-state index contributed by atoms with van der Waals surface area (Å²) in [5.74, 6) is -1.12. The quantitative estimate of drug-likeness (QED) is 0.422. The molecule has 0 amide bonds. The molecule has 0 saturated heterocycles. The van der Waals surface area contributed by atoms with E-state index in [1.54, 1.807) is 6.92 Å². The van der Waals surface area contributed by atoms with Gasteiger partial charge in [0.2, 0.25) is 0 Å². The summed E-state index contributed by atoms with van der Waals surface area (Å²) in [6, 6.07) is 0. The minimum atomic E-state index is -0.908. The van der Waals surface area contributed by atoms with Crippen molar-refractivity contribution in [2.75, 3.05) is 7.11 Å². The van der Waals surface area contributed by atoms with Gasteiger partial charge in [0.05, 0.1) is 7.11 Å². The molecule has 0 aromatic heterocycles. The number of carboxylic acid groups (broad SMARTS) is 1. The molecular weight excluding hydrogens is 220 g/mol. The molecule has 0 spiro atoms. The van der Waals surface area contributed by atoms with E-state index in [0.29, 0.717) is 12.8 Å². The molecule has 1 N–H and O–H groups in total. The third-order valence-electron chi connectivity index (χ3n) is 2.35. The first-order chi connectivity index (χ1) is 7.95. The van der Waals surface area contributed by atoms with Crippen LogP contribution in [0.25, 0.3) is 0 Å². The zero-order valence-corrected chi connectivity index (χ0v) is 10.7. The smallest absolute Gasteiger partial charge is 0.328 e. The van der Waals surface area contributed by atoms with Gasteiger partial charge in [-0.05, 0) is 33.1 Å². The second-order valence-electron chi connectivity index (χ2n) is 3.99. The Morgan fingerprint density at radius 1 is 1.12 bits per heavy atom. The van der Waals surface area contributed by atoms with Gasteiger partial charge >= 0.3 is 11.9 Å². The van der Waals surface area contributed by atoms with Gasteiger partial charge in [0.1, 0.15) is 0 Å². The van der Waals surface area contributed by atoms with Crippen LogP contribution in [0.2, 0.25) is 0 Å². The second-order valence-corrected chi connectivity index (χ2v) is 3.99. The molecule has 0 aromatic carbocycles. The van der Waals surface area contributed by atoms with Crippen LogP contribution in [0.5, 0.6) is 0 Å². The van der Waals surface area contributed by atoms with Crippen molar-refractivity contribution in [1.82, 2.24) is 0 Å². The van der Waals surface area contributed by atoms with Crippen LogP contribution in [-0.2, 0) is 14.3 Å². The average Bonchev–Trinajstić information content (AvgIpc) is 2.24. The molecule has 0 aliphatic rings. The highest BCUT2D eigenvalue weighted by Crippen LogP contribution is 2.10. The van der Waals surface area contributed by atoms with Crippen LogP contribution in [0, 0.1) is 0 Å². The van der Waals surface area contributed by atoms with Crippen LogP contribution < -0.4 is 0 Å². The van der Waals surface area contributed by atoms with Gasteiger partial charge in [-0.25, -0.2) is 4.79 Å². The van der Waals surface area contributed by atoms with E-state index in [0.717, 1.165) is 24.0 Å². The van der Waals surface area contributed by atoms with E-state index in [1.807, 2.05) is 13.0 Å². The third-order valence-corrected chi connectivity index (χ3v) is 2.35. The molecule has 0 atom stereocenters. The van der Waals surface area contributed by atoms with Gasteiger partial charge in [0.25, 0.3) is 0 Å².